The number of hydrogen-bond acceptors (Lipinski definition) is 3. The molecule has 0 aromatic rings. The van der Waals surface area contributed by atoms with Crippen molar-refractivity contribution in [1.29, 1.82) is 0 Å². The molecule has 62 valence electrons. The molecule has 0 unspecified atom stereocenters. The SMILES string of the molecule is CC/C=C(\CC(=O)Cl)[N+](=O)[O-]. The minimum atomic E-state index is -0.707. The van der Waals surface area contributed by atoms with Crippen LogP contribution in [0.2, 0.25) is 0 Å². The number of carbonyl (C=O) groups excluding carboxylic acids is 1. The molecule has 0 aliphatic carbocycles. The van der Waals surface area contributed by atoms with E-state index in [2.05, 4.69) is 0 Å². The zero-order valence-electron chi connectivity index (χ0n) is 6.04. The highest BCUT2D eigenvalue weighted by molar-refractivity contribution is 6.63. The molecule has 4 nitrogen and oxygen atoms in total. The van der Waals surface area contributed by atoms with Crippen LogP contribution in [0.4, 0.5) is 0 Å². The second-order valence-electron chi connectivity index (χ2n) is 1.89. The second-order valence-corrected chi connectivity index (χ2v) is 2.31. The summed E-state index contributed by atoms with van der Waals surface area (Å²) < 4.78 is 0. The van der Waals surface area contributed by atoms with Gasteiger partial charge < -0.3 is 0 Å². The van der Waals surface area contributed by atoms with Gasteiger partial charge in [-0.05, 0) is 24.1 Å². The van der Waals surface area contributed by atoms with Gasteiger partial charge in [0.2, 0.25) is 5.24 Å². The third-order valence-corrected chi connectivity index (χ3v) is 1.13. The average Bonchev–Trinajstić information content (AvgIpc) is 1.86. The molecule has 0 N–H and O–H groups in total. The first-order chi connectivity index (χ1) is 5.07. The van der Waals surface area contributed by atoms with Crippen molar-refractivity contribution in [3.63, 3.8) is 0 Å². The van der Waals surface area contributed by atoms with Crippen molar-refractivity contribution in [3.8, 4) is 0 Å². The van der Waals surface area contributed by atoms with Crippen LogP contribution in [-0.2, 0) is 4.79 Å². The van der Waals surface area contributed by atoms with E-state index in [1.54, 1.807) is 6.92 Å². The lowest BCUT2D eigenvalue weighted by atomic mass is 10.3. The Hall–Kier alpha value is -0.900. The molecule has 0 heterocycles. The lowest BCUT2D eigenvalue weighted by molar-refractivity contribution is -0.426. The smallest absolute Gasteiger partial charge is 0.250 e. The molecule has 0 atom stereocenters. The maximum atomic E-state index is 10.3. The predicted octanol–water partition coefficient (Wildman–Crippen LogP) is 1.71. The van der Waals surface area contributed by atoms with Crippen molar-refractivity contribution >= 4 is 16.8 Å². The maximum absolute atomic E-state index is 10.3. The van der Waals surface area contributed by atoms with Gasteiger partial charge in [-0.1, -0.05) is 6.92 Å². The molecule has 11 heavy (non-hydrogen) atoms. The molecule has 0 spiro atoms. The average molecular weight is 178 g/mol. The lowest BCUT2D eigenvalue weighted by Gasteiger charge is -1.91. The molecule has 0 radical (unpaired) electrons. The van der Waals surface area contributed by atoms with Gasteiger partial charge in [-0.15, -0.1) is 0 Å². The number of halogens is 1. The first-order valence-corrected chi connectivity index (χ1v) is 3.47. The Balaban J connectivity index is 4.23. The van der Waals surface area contributed by atoms with Crippen molar-refractivity contribution in [3.05, 3.63) is 21.9 Å². The van der Waals surface area contributed by atoms with Gasteiger partial charge in [-0.2, -0.15) is 0 Å². The standard InChI is InChI=1S/C6H8ClNO3/c1-2-3-5(8(10)11)4-6(7)9/h3H,2,4H2,1H3/b5-3+. The quantitative estimate of drug-likeness (QED) is 0.373. The van der Waals surface area contributed by atoms with E-state index in [4.69, 9.17) is 11.6 Å². The number of nitrogens with zero attached hydrogens (tertiary/aromatic N) is 1. The topological polar surface area (TPSA) is 60.2 Å². The summed E-state index contributed by atoms with van der Waals surface area (Å²) in [5.41, 5.74) is -0.132. The fourth-order valence-electron chi connectivity index (χ4n) is 0.589. The van der Waals surface area contributed by atoms with Gasteiger partial charge in [0.25, 0.3) is 5.70 Å². The molecule has 0 aliphatic rings. The van der Waals surface area contributed by atoms with Gasteiger partial charge in [0.05, 0.1) is 4.92 Å². The molecule has 0 fully saturated rings. The van der Waals surface area contributed by atoms with Gasteiger partial charge in [0, 0.05) is 0 Å². The zero-order chi connectivity index (χ0) is 8.85. The molecule has 0 aliphatic heterocycles. The zero-order valence-corrected chi connectivity index (χ0v) is 6.80. The van der Waals surface area contributed by atoms with Crippen LogP contribution in [0.1, 0.15) is 19.8 Å². The summed E-state index contributed by atoms with van der Waals surface area (Å²) in [6.45, 7) is 1.75. The van der Waals surface area contributed by atoms with Gasteiger partial charge >= 0.3 is 0 Å². The third kappa shape index (κ3) is 4.50. The molecule has 0 saturated carbocycles. The summed E-state index contributed by atoms with van der Waals surface area (Å²) in [7, 11) is 0. The van der Waals surface area contributed by atoms with E-state index in [1.807, 2.05) is 0 Å². The summed E-state index contributed by atoms with van der Waals surface area (Å²) in [5, 5.41) is 9.44. The largest absolute Gasteiger partial charge is 0.281 e. The fourth-order valence-corrected chi connectivity index (χ4v) is 0.726. The fraction of sp³-hybridized carbons (Fsp3) is 0.500. The Morgan fingerprint density at radius 3 is 2.55 bits per heavy atom. The molecular weight excluding hydrogens is 170 g/mol. The Bertz CT molecular complexity index is 200. The molecule has 0 saturated heterocycles. The molecule has 5 heteroatoms. The minimum absolute atomic E-state index is 0.132. The number of nitro groups is 1. The Labute approximate surface area is 69.0 Å². The first kappa shape index (κ1) is 10.1. The molecule has 0 bridgehead atoms. The molecular formula is C6H8ClNO3. The molecule has 0 rings (SSSR count). The van der Waals surface area contributed by atoms with Crippen LogP contribution in [0.3, 0.4) is 0 Å². The van der Waals surface area contributed by atoms with E-state index in [1.165, 1.54) is 6.08 Å². The van der Waals surface area contributed by atoms with E-state index in [0.717, 1.165) is 0 Å². The van der Waals surface area contributed by atoms with Crippen LogP contribution < -0.4 is 0 Å². The normalized spacial score (nSPS) is 11.3. The van der Waals surface area contributed by atoms with Crippen molar-refractivity contribution < 1.29 is 9.72 Å². The molecule has 0 aromatic heterocycles. The maximum Gasteiger partial charge on any atom is 0.250 e. The highest BCUT2D eigenvalue weighted by Gasteiger charge is 2.12. The number of rotatable bonds is 4. The predicted molar refractivity (Wildman–Crippen MR) is 40.8 cm³/mol. The van der Waals surface area contributed by atoms with Crippen molar-refractivity contribution in [2.45, 2.75) is 19.8 Å². The van der Waals surface area contributed by atoms with E-state index >= 15 is 0 Å². The Kier molecular flexibility index (Phi) is 4.45. The summed E-state index contributed by atoms with van der Waals surface area (Å²) in [6, 6.07) is 0. The van der Waals surface area contributed by atoms with E-state index in [0.29, 0.717) is 6.42 Å². The summed E-state index contributed by atoms with van der Waals surface area (Å²) in [5.74, 6) is 0. The molecule has 0 amide bonds. The highest BCUT2D eigenvalue weighted by atomic mass is 35.5. The summed E-state index contributed by atoms with van der Waals surface area (Å²) in [4.78, 5) is 19.8. The highest BCUT2D eigenvalue weighted by Crippen LogP contribution is 2.05. The van der Waals surface area contributed by atoms with E-state index in [9.17, 15) is 14.9 Å². The number of carbonyl (C=O) groups is 1. The monoisotopic (exact) mass is 177 g/mol. The van der Waals surface area contributed by atoms with Crippen molar-refractivity contribution in [1.82, 2.24) is 0 Å². The number of allylic oxidation sites excluding steroid dienone is 2. The summed E-state index contributed by atoms with van der Waals surface area (Å²) >= 11 is 4.97. The van der Waals surface area contributed by atoms with Crippen LogP contribution in [-0.4, -0.2) is 10.2 Å². The van der Waals surface area contributed by atoms with E-state index in [-0.39, 0.29) is 12.1 Å². The Morgan fingerprint density at radius 2 is 2.27 bits per heavy atom. The van der Waals surface area contributed by atoms with Crippen LogP contribution in [0.25, 0.3) is 0 Å². The Morgan fingerprint density at radius 1 is 1.73 bits per heavy atom. The van der Waals surface area contributed by atoms with Gasteiger partial charge in [0.1, 0.15) is 6.42 Å². The van der Waals surface area contributed by atoms with Crippen LogP contribution in [0.15, 0.2) is 11.8 Å². The van der Waals surface area contributed by atoms with E-state index < -0.39 is 10.2 Å². The van der Waals surface area contributed by atoms with Crippen LogP contribution in [0, 0.1) is 10.1 Å². The second kappa shape index (κ2) is 4.85. The molecule has 0 aromatic carbocycles. The van der Waals surface area contributed by atoms with Gasteiger partial charge in [-0.25, -0.2) is 0 Å². The summed E-state index contributed by atoms with van der Waals surface area (Å²) in [6.07, 6.45) is 1.60. The lowest BCUT2D eigenvalue weighted by Crippen LogP contribution is -2.02. The minimum Gasteiger partial charge on any atom is -0.281 e. The van der Waals surface area contributed by atoms with Crippen molar-refractivity contribution in [2.75, 3.05) is 0 Å². The number of hydrogen-bond donors (Lipinski definition) is 0. The van der Waals surface area contributed by atoms with Gasteiger partial charge in [-0.3, -0.25) is 14.9 Å². The van der Waals surface area contributed by atoms with Crippen LogP contribution in [0.5, 0.6) is 0 Å². The van der Waals surface area contributed by atoms with Gasteiger partial charge in [0.15, 0.2) is 0 Å². The van der Waals surface area contributed by atoms with Crippen LogP contribution >= 0.6 is 11.6 Å². The third-order valence-electron chi connectivity index (χ3n) is 0.994. The first-order valence-electron chi connectivity index (χ1n) is 3.09. The van der Waals surface area contributed by atoms with Crippen molar-refractivity contribution in [2.24, 2.45) is 0 Å².